The highest BCUT2D eigenvalue weighted by Gasteiger charge is 2.22. The lowest BCUT2D eigenvalue weighted by Gasteiger charge is -2.24. The Hall–Kier alpha value is -0.530. The van der Waals surface area contributed by atoms with E-state index in [1.165, 1.54) is 19.4 Å². The molecule has 1 aliphatic heterocycles. The third-order valence-corrected chi connectivity index (χ3v) is 4.34. The van der Waals surface area contributed by atoms with Crippen LogP contribution in [0.2, 0.25) is 5.02 Å². The van der Waals surface area contributed by atoms with Crippen LogP contribution in [-0.2, 0) is 6.54 Å². The van der Waals surface area contributed by atoms with Gasteiger partial charge in [0.15, 0.2) is 5.96 Å². The second kappa shape index (κ2) is 11.1. The van der Waals surface area contributed by atoms with E-state index in [-0.39, 0.29) is 24.0 Å². The molecule has 2 N–H and O–H groups in total. The van der Waals surface area contributed by atoms with Crippen LogP contribution >= 0.6 is 35.6 Å². The van der Waals surface area contributed by atoms with Crippen molar-refractivity contribution in [2.24, 2.45) is 4.99 Å². The van der Waals surface area contributed by atoms with Crippen LogP contribution < -0.4 is 10.6 Å². The van der Waals surface area contributed by atoms with Crippen molar-refractivity contribution in [2.75, 3.05) is 26.2 Å². The lowest BCUT2D eigenvalue weighted by molar-refractivity contribution is 0.267. The molecule has 1 heterocycles. The summed E-state index contributed by atoms with van der Waals surface area (Å²) in [4.78, 5) is 7.20. The fourth-order valence-corrected chi connectivity index (χ4v) is 2.99. The zero-order valence-corrected chi connectivity index (χ0v) is 17.1. The summed E-state index contributed by atoms with van der Waals surface area (Å²) in [5.41, 5.74) is 1.16. The number of guanidine groups is 1. The SMILES string of the molecule is CCNC(=NCc1ccc(Cl)cc1)NCC1CCCN1CC.I. The van der Waals surface area contributed by atoms with Gasteiger partial charge in [-0.15, -0.1) is 24.0 Å². The molecule has 1 aromatic rings. The molecule has 0 amide bonds. The first kappa shape index (κ1) is 20.5. The van der Waals surface area contributed by atoms with E-state index in [9.17, 15) is 0 Å². The van der Waals surface area contributed by atoms with Crippen molar-refractivity contribution in [2.45, 2.75) is 39.3 Å². The Labute approximate surface area is 162 Å². The lowest BCUT2D eigenvalue weighted by Crippen LogP contribution is -2.44. The first-order valence-electron chi connectivity index (χ1n) is 8.23. The number of nitrogens with zero attached hydrogens (tertiary/aromatic N) is 2. The fraction of sp³-hybridized carbons (Fsp3) is 0.588. The molecule has 0 radical (unpaired) electrons. The van der Waals surface area contributed by atoms with E-state index in [0.29, 0.717) is 12.6 Å². The number of rotatable bonds is 6. The molecular weight excluding hydrogens is 423 g/mol. The van der Waals surface area contributed by atoms with Gasteiger partial charge in [-0.2, -0.15) is 0 Å². The molecule has 2 rings (SSSR count). The number of hydrogen-bond acceptors (Lipinski definition) is 2. The highest BCUT2D eigenvalue weighted by molar-refractivity contribution is 14.0. The molecule has 4 nitrogen and oxygen atoms in total. The van der Waals surface area contributed by atoms with Crippen molar-refractivity contribution in [3.8, 4) is 0 Å². The maximum Gasteiger partial charge on any atom is 0.191 e. The van der Waals surface area contributed by atoms with Crippen LogP contribution in [0.3, 0.4) is 0 Å². The topological polar surface area (TPSA) is 39.7 Å². The average Bonchev–Trinajstić information content (AvgIpc) is 2.99. The number of likely N-dealkylation sites (tertiary alicyclic amines) is 1. The lowest BCUT2D eigenvalue weighted by atomic mass is 10.2. The molecule has 0 saturated carbocycles. The van der Waals surface area contributed by atoms with Crippen LogP contribution in [-0.4, -0.2) is 43.1 Å². The van der Waals surface area contributed by atoms with E-state index >= 15 is 0 Å². The maximum absolute atomic E-state index is 5.91. The van der Waals surface area contributed by atoms with Gasteiger partial charge in [0.25, 0.3) is 0 Å². The molecule has 1 aliphatic rings. The summed E-state index contributed by atoms with van der Waals surface area (Å²) in [6.45, 7) is 9.17. The number of nitrogens with one attached hydrogen (secondary N) is 2. The van der Waals surface area contributed by atoms with Gasteiger partial charge in [-0.05, 0) is 50.6 Å². The smallest absolute Gasteiger partial charge is 0.191 e. The number of benzene rings is 1. The molecule has 1 fully saturated rings. The second-order valence-electron chi connectivity index (χ2n) is 5.63. The van der Waals surface area contributed by atoms with Crippen LogP contribution in [0, 0.1) is 0 Å². The van der Waals surface area contributed by atoms with Gasteiger partial charge in [-0.25, -0.2) is 4.99 Å². The quantitative estimate of drug-likeness (QED) is 0.396. The predicted molar refractivity (Wildman–Crippen MR) is 110 cm³/mol. The maximum atomic E-state index is 5.91. The van der Waals surface area contributed by atoms with E-state index in [4.69, 9.17) is 11.6 Å². The minimum absolute atomic E-state index is 0. The normalized spacial score (nSPS) is 18.6. The van der Waals surface area contributed by atoms with Gasteiger partial charge in [0.05, 0.1) is 6.54 Å². The van der Waals surface area contributed by atoms with Gasteiger partial charge in [-0.1, -0.05) is 30.7 Å². The van der Waals surface area contributed by atoms with Crippen molar-refractivity contribution in [3.05, 3.63) is 34.9 Å². The summed E-state index contributed by atoms with van der Waals surface area (Å²) in [5, 5.41) is 7.56. The molecule has 23 heavy (non-hydrogen) atoms. The molecule has 6 heteroatoms. The minimum atomic E-state index is 0. The Bertz CT molecular complexity index is 478. The van der Waals surface area contributed by atoms with Crippen molar-refractivity contribution in [1.82, 2.24) is 15.5 Å². The summed E-state index contributed by atoms with van der Waals surface area (Å²) in [6, 6.07) is 8.48. The fourth-order valence-electron chi connectivity index (χ4n) is 2.86. The van der Waals surface area contributed by atoms with Crippen molar-refractivity contribution < 1.29 is 0 Å². The van der Waals surface area contributed by atoms with E-state index in [1.807, 2.05) is 24.3 Å². The Morgan fingerprint density at radius 2 is 2.00 bits per heavy atom. The van der Waals surface area contributed by atoms with Gasteiger partial charge in [-0.3, -0.25) is 4.90 Å². The third-order valence-electron chi connectivity index (χ3n) is 4.09. The Kier molecular flexibility index (Phi) is 9.90. The largest absolute Gasteiger partial charge is 0.357 e. The van der Waals surface area contributed by atoms with Gasteiger partial charge in [0.2, 0.25) is 0 Å². The number of halogens is 2. The molecule has 1 unspecified atom stereocenters. The molecule has 1 saturated heterocycles. The van der Waals surface area contributed by atoms with Crippen molar-refractivity contribution in [1.29, 1.82) is 0 Å². The minimum Gasteiger partial charge on any atom is -0.357 e. The van der Waals surface area contributed by atoms with Crippen LogP contribution in [0.25, 0.3) is 0 Å². The summed E-state index contributed by atoms with van der Waals surface area (Å²) < 4.78 is 0. The van der Waals surface area contributed by atoms with Crippen LogP contribution in [0.4, 0.5) is 0 Å². The summed E-state index contributed by atoms with van der Waals surface area (Å²) >= 11 is 5.91. The third kappa shape index (κ3) is 6.85. The van der Waals surface area contributed by atoms with Gasteiger partial charge < -0.3 is 10.6 Å². The molecule has 1 atom stereocenters. The molecule has 1 aromatic carbocycles. The van der Waals surface area contributed by atoms with E-state index in [2.05, 4.69) is 34.4 Å². The standard InChI is InChI=1S/C17H27ClN4.HI/c1-3-19-17(20-12-14-7-9-15(18)10-8-14)21-13-16-6-5-11-22(16)4-2;/h7-10,16H,3-6,11-13H2,1-2H3,(H2,19,20,21);1H. The first-order chi connectivity index (χ1) is 10.7. The highest BCUT2D eigenvalue weighted by Crippen LogP contribution is 2.15. The zero-order valence-electron chi connectivity index (χ0n) is 14.0. The van der Waals surface area contributed by atoms with Gasteiger partial charge in [0, 0.05) is 24.2 Å². The molecule has 0 aliphatic carbocycles. The first-order valence-corrected chi connectivity index (χ1v) is 8.61. The molecule has 130 valence electrons. The van der Waals surface area contributed by atoms with Crippen LogP contribution in [0.5, 0.6) is 0 Å². The second-order valence-corrected chi connectivity index (χ2v) is 6.06. The average molecular weight is 451 g/mol. The van der Waals surface area contributed by atoms with Crippen molar-refractivity contribution >= 4 is 41.5 Å². The molecule has 0 bridgehead atoms. The van der Waals surface area contributed by atoms with Crippen LogP contribution in [0.15, 0.2) is 29.3 Å². The molecule has 0 spiro atoms. The van der Waals surface area contributed by atoms with E-state index in [1.54, 1.807) is 0 Å². The summed E-state index contributed by atoms with van der Waals surface area (Å²) in [5.74, 6) is 0.889. The van der Waals surface area contributed by atoms with Crippen molar-refractivity contribution in [3.63, 3.8) is 0 Å². The van der Waals surface area contributed by atoms with E-state index < -0.39 is 0 Å². The molecular formula is C17H28ClIN4. The highest BCUT2D eigenvalue weighted by atomic mass is 127. The Morgan fingerprint density at radius 1 is 1.26 bits per heavy atom. The monoisotopic (exact) mass is 450 g/mol. The number of hydrogen-bond donors (Lipinski definition) is 2. The Balaban J connectivity index is 0.00000264. The van der Waals surface area contributed by atoms with E-state index in [0.717, 1.165) is 36.2 Å². The number of aliphatic imine (C=N–C) groups is 1. The number of likely N-dealkylation sites (N-methyl/N-ethyl adjacent to an activating group) is 1. The van der Waals surface area contributed by atoms with Crippen LogP contribution in [0.1, 0.15) is 32.3 Å². The summed E-state index contributed by atoms with van der Waals surface area (Å²) in [6.07, 6.45) is 2.58. The zero-order chi connectivity index (χ0) is 15.8. The Morgan fingerprint density at radius 3 is 2.65 bits per heavy atom. The van der Waals surface area contributed by atoms with Gasteiger partial charge in [0.1, 0.15) is 0 Å². The molecule has 0 aromatic heterocycles. The predicted octanol–water partition coefficient (Wildman–Crippen LogP) is 3.50. The van der Waals surface area contributed by atoms with Gasteiger partial charge >= 0.3 is 0 Å². The summed E-state index contributed by atoms with van der Waals surface area (Å²) in [7, 11) is 0.